The molecule has 0 fully saturated rings. The first-order valence-corrected chi connectivity index (χ1v) is 7.06. The maximum absolute atomic E-state index is 13.1. The number of nitrogens with zero attached hydrogens (tertiary/aromatic N) is 6. The van der Waals surface area contributed by atoms with Crippen LogP contribution in [0.25, 0.3) is 5.95 Å². The third kappa shape index (κ3) is 3.24. The highest BCUT2D eigenvalue weighted by molar-refractivity contribution is 14.1. The molecule has 0 aliphatic rings. The second-order valence-corrected chi connectivity index (χ2v) is 5.32. The Labute approximate surface area is 136 Å². The summed E-state index contributed by atoms with van der Waals surface area (Å²) in [6.45, 7) is 0. The minimum absolute atomic E-state index is 0.00937. The fourth-order valence-corrected chi connectivity index (χ4v) is 2.29. The first kappa shape index (κ1) is 14.1. The molecule has 106 valence electrons. The number of benzene rings is 1. The molecule has 1 aromatic carbocycles. The Morgan fingerprint density at radius 1 is 1.24 bits per heavy atom. The van der Waals surface area contributed by atoms with Crippen LogP contribution in [0.3, 0.4) is 0 Å². The lowest BCUT2D eigenvalue weighted by Crippen LogP contribution is -2.07. The van der Waals surface area contributed by atoms with Crippen molar-refractivity contribution in [3.63, 3.8) is 0 Å². The standard InChI is InChI=1S/C11H6ClFIN7/c12-9-18-10(17-8-2-1-6(13)3-7(8)14)20-11(19-9)21-5-15-4-16-21/h1-5H,(H,17,18,19,20). The van der Waals surface area contributed by atoms with Gasteiger partial charge in [-0.3, -0.25) is 0 Å². The normalized spacial score (nSPS) is 10.6. The van der Waals surface area contributed by atoms with Crippen molar-refractivity contribution >= 4 is 45.8 Å². The molecule has 0 atom stereocenters. The number of aromatic nitrogens is 6. The Balaban J connectivity index is 1.95. The van der Waals surface area contributed by atoms with Gasteiger partial charge in [0.2, 0.25) is 11.2 Å². The van der Waals surface area contributed by atoms with Crippen LogP contribution >= 0.6 is 34.2 Å². The quantitative estimate of drug-likeness (QED) is 0.660. The summed E-state index contributed by atoms with van der Waals surface area (Å²) < 4.78 is 15.1. The van der Waals surface area contributed by atoms with Crippen LogP contribution < -0.4 is 5.32 Å². The van der Waals surface area contributed by atoms with E-state index in [0.717, 1.165) is 0 Å². The molecule has 0 aliphatic carbocycles. The van der Waals surface area contributed by atoms with E-state index in [1.165, 1.54) is 29.5 Å². The maximum Gasteiger partial charge on any atom is 0.258 e. The van der Waals surface area contributed by atoms with Crippen LogP contribution in [0, 0.1) is 9.39 Å². The second-order valence-electron chi connectivity index (χ2n) is 3.82. The van der Waals surface area contributed by atoms with Crippen molar-refractivity contribution in [2.45, 2.75) is 0 Å². The molecule has 0 bridgehead atoms. The average molecular weight is 418 g/mol. The van der Waals surface area contributed by atoms with Gasteiger partial charge in [0, 0.05) is 3.57 Å². The number of anilines is 2. The molecule has 3 aromatic rings. The smallest absolute Gasteiger partial charge is 0.258 e. The summed E-state index contributed by atoms with van der Waals surface area (Å²) in [5.74, 6) is 0.138. The van der Waals surface area contributed by atoms with Crippen LogP contribution in [0.5, 0.6) is 0 Å². The van der Waals surface area contributed by atoms with Crippen LogP contribution in [0.15, 0.2) is 30.9 Å². The first-order chi connectivity index (χ1) is 10.1. The SMILES string of the molecule is Fc1ccc(Nc2nc(Cl)nc(-n3cncn3)n2)c(I)c1. The van der Waals surface area contributed by atoms with Gasteiger partial charge in [0.1, 0.15) is 18.5 Å². The summed E-state index contributed by atoms with van der Waals surface area (Å²) in [5.41, 5.74) is 0.656. The zero-order valence-corrected chi connectivity index (χ0v) is 13.1. The highest BCUT2D eigenvalue weighted by Crippen LogP contribution is 2.22. The molecule has 0 saturated carbocycles. The molecular weight excluding hydrogens is 412 g/mol. The van der Waals surface area contributed by atoms with Gasteiger partial charge < -0.3 is 5.32 Å². The van der Waals surface area contributed by atoms with Gasteiger partial charge in [-0.25, -0.2) is 9.37 Å². The van der Waals surface area contributed by atoms with E-state index in [1.807, 2.05) is 22.6 Å². The van der Waals surface area contributed by atoms with Crippen LogP contribution in [0.4, 0.5) is 16.0 Å². The van der Waals surface area contributed by atoms with Gasteiger partial charge in [-0.1, -0.05) is 0 Å². The fourth-order valence-electron chi connectivity index (χ4n) is 1.52. The zero-order chi connectivity index (χ0) is 14.8. The van der Waals surface area contributed by atoms with Crippen molar-refractivity contribution in [1.29, 1.82) is 0 Å². The fraction of sp³-hybridized carbons (Fsp3) is 0. The van der Waals surface area contributed by atoms with Crippen LogP contribution in [-0.4, -0.2) is 29.7 Å². The summed E-state index contributed by atoms with van der Waals surface area (Å²) in [6, 6.07) is 4.32. The van der Waals surface area contributed by atoms with E-state index < -0.39 is 0 Å². The van der Waals surface area contributed by atoms with Crippen LogP contribution in [0.2, 0.25) is 5.28 Å². The zero-order valence-electron chi connectivity index (χ0n) is 10.2. The van der Waals surface area contributed by atoms with Gasteiger partial charge in [-0.15, -0.1) is 0 Å². The van der Waals surface area contributed by atoms with E-state index in [1.54, 1.807) is 6.07 Å². The molecule has 21 heavy (non-hydrogen) atoms. The number of halogens is 3. The highest BCUT2D eigenvalue weighted by Gasteiger charge is 2.09. The van der Waals surface area contributed by atoms with E-state index in [2.05, 4.69) is 30.4 Å². The molecular formula is C11H6ClFIN7. The number of rotatable bonds is 3. The summed E-state index contributed by atoms with van der Waals surface area (Å²) >= 11 is 7.88. The minimum atomic E-state index is -0.318. The van der Waals surface area contributed by atoms with Crippen LogP contribution in [0.1, 0.15) is 0 Å². The predicted octanol–water partition coefficient (Wildman–Crippen LogP) is 2.59. The third-order valence-corrected chi connectivity index (χ3v) is 3.46. The van der Waals surface area contributed by atoms with E-state index in [-0.39, 0.29) is 23.0 Å². The lowest BCUT2D eigenvalue weighted by molar-refractivity contribution is 0.627. The van der Waals surface area contributed by atoms with Crippen molar-refractivity contribution in [1.82, 2.24) is 29.7 Å². The first-order valence-electron chi connectivity index (χ1n) is 5.60. The third-order valence-electron chi connectivity index (χ3n) is 2.40. The number of hydrogen-bond donors (Lipinski definition) is 1. The lowest BCUT2D eigenvalue weighted by Gasteiger charge is -2.08. The van der Waals surface area contributed by atoms with E-state index in [4.69, 9.17) is 11.6 Å². The van der Waals surface area contributed by atoms with Gasteiger partial charge in [-0.05, 0) is 52.4 Å². The highest BCUT2D eigenvalue weighted by atomic mass is 127. The van der Waals surface area contributed by atoms with Gasteiger partial charge in [0.05, 0.1) is 5.69 Å². The molecule has 0 aliphatic heterocycles. The van der Waals surface area contributed by atoms with Crippen LogP contribution in [-0.2, 0) is 0 Å². The summed E-state index contributed by atoms with van der Waals surface area (Å²) in [7, 11) is 0. The Morgan fingerprint density at radius 2 is 2.10 bits per heavy atom. The Bertz CT molecular complexity index is 780. The molecule has 2 aromatic heterocycles. The predicted molar refractivity (Wildman–Crippen MR) is 82.2 cm³/mol. The van der Waals surface area contributed by atoms with E-state index >= 15 is 0 Å². The van der Waals surface area contributed by atoms with E-state index in [0.29, 0.717) is 9.26 Å². The number of hydrogen-bond acceptors (Lipinski definition) is 6. The lowest BCUT2D eigenvalue weighted by atomic mass is 10.3. The average Bonchev–Trinajstić information content (AvgIpc) is 2.95. The molecule has 0 unspecified atom stereocenters. The largest absolute Gasteiger partial charge is 0.323 e. The molecule has 10 heteroatoms. The van der Waals surface area contributed by atoms with E-state index in [9.17, 15) is 4.39 Å². The van der Waals surface area contributed by atoms with Gasteiger partial charge in [0.25, 0.3) is 5.95 Å². The summed E-state index contributed by atoms with van der Waals surface area (Å²) in [5, 5.41) is 6.89. The van der Waals surface area contributed by atoms with Crippen molar-refractivity contribution < 1.29 is 4.39 Å². The Morgan fingerprint density at radius 3 is 2.81 bits per heavy atom. The summed E-state index contributed by atoms with van der Waals surface area (Å²) in [6.07, 6.45) is 2.80. The van der Waals surface area contributed by atoms with Gasteiger partial charge in [0.15, 0.2) is 0 Å². The monoisotopic (exact) mass is 417 g/mol. The molecule has 0 amide bonds. The molecule has 3 rings (SSSR count). The maximum atomic E-state index is 13.1. The Hall–Kier alpha value is -1.88. The van der Waals surface area contributed by atoms with Crippen molar-refractivity contribution in [3.8, 4) is 5.95 Å². The molecule has 1 N–H and O–H groups in total. The van der Waals surface area contributed by atoms with Crippen molar-refractivity contribution in [2.24, 2.45) is 0 Å². The second kappa shape index (κ2) is 5.85. The molecule has 0 radical (unpaired) electrons. The molecule has 0 spiro atoms. The summed E-state index contributed by atoms with van der Waals surface area (Å²) in [4.78, 5) is 15.9. The molecule has 7 nitrogen and oxygen atoms in total. The number of nitrogens with one attached hydrogen (secondary N) is 1. The minimum Gasteiger partial charge on any atom is -0.323 e. The van der Waals surface area contributed by atoms with Crippen molar-refractivity contribution in [3.05, 3.63) is 45.5 Å². The van der Waals surface area contributed by atoms with Crippen molar-refractivity contribution in [2.75, 3.05) is 5.32 Å². The topological polar surface area (TPSA) is 81.4 Å². The molecule has 2 heterocycles. The van der Waals surface area contributed by atoms with Gasteiger partial charge >= 0.3 is 0 Å². The van der Waals surface area contributed by atoms with Gasteiger partial charge in [-0.2, -0.15) is 24.7 Å². The Kier molecular flexibility index (Phi) is 3.92. The molecule has 0 saturated heterocycles.